The van der Waals surface area contributed by atoms with Gasteiger partial charge in [-0.1, -0.05) is 48.5 Å². The number of imide groups is 1. The normalized spacial score (nSPS) is 18.8. The summed E-state index contributed by atoms with van der Waals surface area (Å²) in [6, 6.07) is 15.9. The van der Waals surface area contributed by atoms with E-state index in [1.54, 1.807) is 48.5 Å². The van der Waals surface area contributed by atoms with E-state index >= 15 is 0 Å². The summed E-state index contributed by atoms with van der Waals surface area (Å²) in [7, 11) is -3.69. The number of urea groups is 1. The molecule has 1 aliphatic rings. The Morgan fingerprint density at radius 1 is 1.00 bits per heavy atom. The molecule has 0 aliphatic carbocycles. The molecule has 0 aromatic heterocycles. The number of carbonyl (C=O) groups excluding carboxylic acids is 2. The number of amidine groups is 1. The Hall–Kier alpha value is -3.00. The first-order valence-corrected chi connectivity index (χ1v) is 9.55. The summed E-state index contributed by atoms with van der Waals surface area (Å²) in [6.45, 7) is 0. The molecular weight excluding hydrogens is 354 g/mol. The minimum atomic E-state index is -3.69. The Kier molecular flexibility index (Phi) is 4.85. The fourth-order valence-electron chi connectivity index (χ4n) is 2.97. The number of rotatable bonds is 5. The molecule has 0 radical (unpaired) electrons. The van der Waals surface area contributed by atoms with E-state index in [0.29, 0.717) is 5.56 Å². The van der Waals surface area contributed by atoms with E-state index in [9.17, 15) is 18.0 Å². The lowest BCUT2D eigenvalue weighted by Gasteiger charge is -2.28. The quantitative estimate of drug-likeness (QED) is 0.825. The molecule has 1 aliphatic heterocycles. The third kappa shape index (κ3) is 3.65. The van der Waals surface area contributed by atoms with Gasteiger partial charge in [0, 0.05) is 5.92 Å². The Bertz CT molecular complexity index is 956. The number of nitrogens with one attached hydrogen (secondary N) is 1. The van der Waals surface area contributed by atoms with Crippen LogP contribution in [0.1, 0.15) is 11.5 Å². The van der Waals surface area contributed by atoms with Gasteiger partial charge >= 0.3 is 6.03 Å². The van der Waals surface area contributed by atoms with Crippen LogP contribution in [-0.4, -0.2) is 31.9 Å². The predicted molar refractivity (Wildman–Crippen MR) is 96.3 cm³/mol. The van der Waals surface area contributed by atoms with Crippen molar-refractivity contribution >= 4 is 27.6 Å². The molecule has 8 heteroatoms. The highest BCUT2D eigenvalue weighted by Gasteiger charge is 2.39. The van der Waals surface area contributed by atoms with Gasteiger partial charge in [0.1, 0.15) is 11.8 Å². The highest BCUT2D eigenvalue weighted by molar-refractivity contribution is 7.91. The second-order valence-corrected chi connectivity index (χ2v) is 7.95. The number of hydrogen-bond acceptors (Lipinski definition) is 5. The second-order valence-electron chi connectivity index (χ2n) is 5.92. The maximum Gasteiger partial charge on any atom is 0.349 e. The van der Waals surface area contributed by atoms with Crippen LogP contribution in [0.2, 0.25) is 0 Å². The van der Waals surface area contributed by atoms with E-state index in [-0.39, 0.29) is 16.5 Å². The van der Waals surface area contributed by atoms with Gasteiger partial charge in [-0.3, -0.25) is 10.1 Å². The minimum Gasteiger partial charge on any atom is -0.386 e. The summed E-state index contributed by atoms with van der Waals surface area (Å²) in [5, 5.41) is 2.10. The minimum absolute atomic E-state index is 0.156. The van der Waals surface area contributed by atoms with E-state index in [1.165, 1.54) is 12.1 Å². The van der Waals surface area contributed by atoms with Crippen molar-refractivity contribution in [2.75, 3.05) is 5.75 Å². The summed E-state index contributed by atoms with van der Waals surface area (Å²) >= 11 is 0. The van der Waals surface area contributed by atoms with Crippen LogP contribution in [0, 0.1) is 5.92 Å². The van der Waals surface area contributed by atoms with Crippen LogP contribution in [0.5, 0.6) is 0 Å². The van der Waals surface area contributed by atoms with E-state index < -0.39 is 33.6 Å². The number of amides is 3. The highest BCUT2D eigenvalue weighted by atomic mass is 32.2. The first-order chi connectivity index (χ1) is 12.4. The van der Waals surface area contributed by atoms with E-state index in [1.807, 2.05) is 0 Å². The topological polar surface area (TPSA) is 119 Å². The van der Waals surface area contributed by atoms with Crippen LogP contribution < -0.4 is 11.1 Å². The standard InChI is InChI=1S/C18H17N3O4S/c19-16-15(17(22)21-18(23)20-16)14(12-7-3-1-4-8-12)11-26(24,25)13-9-5-2-6-10-13/h1-10,14-15H,11H2,(H3,19,20,21,22,23). The molecule has 1 heterocycles. The van der Waals surface area contributed by atoms with Crippen molar-refractivity contribution in [1.29, 1.82) is 0 Å². The van der Waals surface area contributed by atoms with Gasteiger partial charge in [0.05, 0.1) is 10.6 Å². The lowest BCUT2D eigenvalue weighted by Crippen LogP contribution is -2.49. The molecule has 0 fully saturated rings. The molecule has 134 valence electrons. The van der Waals surface area contributed by atoms with Gasteiger partial charge in [0.2, 0.25) is 5.91 Å². The zero-order chi connectivity index (χ0) is 18.7. The molecule has 3 N–H and O–H groups in total. The fraction of sp³-hybridized carbons (Fsp3) is 0.167. The Morgan fingerprint density at radius 3 is 2.15 bits per heavy atom. The third-order valence-corrected chi connectivity index (χ3v) is 5.98. The molecule has 2 atom stereocenters. The lowest BCUT2D eigenvalue weighted by atomic mass is 9.85. The van der Waals surface area contributed by atoms with E-state index in [2.05, 4.69) is 10.3 Å². The van der Waals surface area contributed by atoms with Gasteiger partial charge in [-0.05, 0) is 17.7 Å². The molecule has 0 bridgehead atoms. The zero-order valence-electron chi connectivity index (χ0n) is 13.7. The Morgan fingerprint density at radius 2 is 1.58 bits per heavy atom. The van der Waals surface area contributed by atoms with Crippen molar-refractivity contribution in [3.05, 3.63) is 66.2 Å². The van der Waals surface area contributed by atoms with Gasteiger partial charge in [-0.25, -0.2) is 13.2 Å². The molecule has 2 aromatic carbocycles. The van der Waals surface area contributed by atoms with Crippen LogP contribution in [0.15, 0.2) is 70.6 Å². The average molecular weight is 371 g/mol. The Balaban J connectivity index is 2.04. The van der Waals surface area contributed by atoms with Crippen molar-refractivity contribution in [3.63, 3.8) is 0 Å². The molecule has 0 spiro atoms. The first-order valence-electron chi connectivity index (χ1n) is 7.90. The van der Waals surface area contributed by atoms with Gasteiger partial charge in [0.25, 0.3) is 0 Å². The molecule has 3 amide bonds. The lowest BCUT2D eigenvalue weighted by molar-refractivity contribution is -0.122. The predicted octanol–water partition coefficient (Wildman–Crippen LogP) is 1.47. The van der Waals surface area contributed by atoms with Crippen molar-refractivity contribution in [3.8, 4) is 0 Å². The first kappa shape index (κ1) is 17.8. The van der Waals surface area contributed by atoms with Crippen LogP contribution in [0.4, 0.5) is 4.79 Å². The molecule has 0 saturated carbocycles. The van der Waals surface area contributed by atoms with Crippen molar-refractivity contribution in [2.24, 2.45) is 16.6 Å². The number of benzene rings is 2. The number of nitrogens with zero attached hydrogens (tertiary/aromatic N) is 1. The molecule has 2 unspecified atom stereocenters. The molecule has 2 aromatic rings. The number of carbonyl (C=O) groups is 2. The SMILES string of the molecule is NC1=NC(=O)NC(=O)C1C(CS(=O)(=O)c1ccccc1)c1ccccc1. The third-order valence-electron chi connectivity index (χ3n) is 4.19. The summed E-state index contributed by atoms with van der Waals surface area (Å²) in [6.07, 6.45) is 0. The summed E-state index contributed by atoms with van der Waals surface area (Å²) < 4.78 is 25.7. The summed E-state index contributed by atoms with van der Waals surface area (Å²) in [4.78, 5) is 27.5. The van der Waals surface area contributed by atoms with E-state index in [0.717, 1.165) is 0 Å². The monoisotopic (exact) mass is 371 g/mol. The average Bonchev–Trinajstić information content (AvgIpc) is 2.61. The fourth-order valence-corrected chi connectivity index (χ4v) is 4.59. The summed E-state index contributed by atoms with van der Waals surface area (Å²) in [5.41, 5.74) is 6.45. The maximum atomic E-state index is 12.9. The second kappa shape index (κ2) is 7.09. The molecule has 3 rings (SSSR count). The van der Waals surface area contributed by atoms with Crippen LogP contribution >= 0.6 is 0 Å². The number of sulfone groups is 1. The van der Waals surface area contributed by atoms with Gasteiger partial charge < -0.3 is 5.73 Å². The van der Waals surface area contributed by atoms with Crippen molar-refractivity contribution < 1.29 is 18.0 Å². The molecule has 26 heavy (non-hydrogen) atoms. The summed E-state index contributed by atoms with van der Waals surface area (Å²) in [5.74, 6) is -3.01. The molecular formula is C18H17N3O4S. The van der Waals surface area contributed by atoms with Gasteiger partial charge in [0.15, 0.2) is 9.84 Å². The van der Waals surface area contributed by atoms with Gasteiger partial charge in [-0.15, -0.1) is 0 Å². The number of nitrogens with two attached hydrogens (primary N) is 1. The van der Waals surface area contributed by atoms with Crippen LogP contribution in [0.3, 0.4) is 0 Å². The molecule has 0 saturated heterocycles. The Labute approximate surface area is 150 Å². The number of hydrogen-bond donors (Lipinski definition) is 2. The highest BCUT2D eigenvalue weighted by Crippen LogP contribution is 2.30. The maximum absolute atomic E-state index is 12.9. The van der Waals surface area contributed by atoms with E-state index in [4.69, 9.17) is 5.73 Å². The number of aliphatic imine (C=N–C) groups is 1. The van der Waals surface area contributed by atoms with Crippen LogP contribution in [0.25, 0.3) is 0 Å². The van der Waals surface area contributed by atoms with Crippen LogP contribution in [-0.2, 0) is 14.6 Å². The van der Waals surface area contributed by atoms with Gasteiger partial charge in [-0.2, -0.15) is 4.99 Å². The van der Waals surface area contributed by atoms with Crippen molar-refractivity contribution in [2.45, 2.75) is 10.8 Å². The van der Waals surface area contributed by atoms with Crippen molar-refractivity contribution in [1.82, 2.24) is 5.32 Å². The zero-order valence-corrected chi connectivity index (χ0v) is 14.5. The molecule has 7 nitrogen and oxygen atoms in total. The smallest absolute Gasteiger partial charge is 0.349 e. The largest absolute Gasteiger partial charge is 0.386 e.